The van der Waals surface area contributed by atoms with Gasteiger partial charge < -0.3 is 10.4 Å². The topological polar surface area (TPSA) is 69.6 Å². The highest BCUT2D eigenvalue weighted by molar-refractivity contribution is 7.17. The molecule has 0 bridgehead atoms. The van der Waals surface area contributed by atoms with E-state index in [-0.39, 0.29) is 17.8 Å². The van der Waals surface area contributed by atoms with E-state index in [0.717, 1.165) is 50.2 Å². The number of carboxylic acid groups (broad SMARTS) is 1. The second-order valence-corrected chi connectivity index (χ2v) is 9.78. The Balaban J connectivity index is 0.000000532. The van der Waals surface area contributed by atoms with Crippen LogP contribution in [0, 0.1) is 5.82 Å². The van der Waals surface area contributed by atoms with Crippen molar-refractivity contribution in [3.8, 4) is 10.4 Å². The van der Waals surface area contributed by atoms with E-state index < -0.39 is 23.9 Å². The fourth-order valence-corrected chi connectivity index (χ4v) is 4.71. The first-order chi connectivity index (χ1) is 18.2. The maximum absolute atomic E-state index is 13.0. The van der Waals surface area contributed by atoms with Crippen molar-refractivity contribution >= 4 is 23.2 Å². The Hall–Kier alpha value is -3.45. The number of carbonyl (C=O) groups is 2. The number of nitrogens with one attached hydrogen (secondary N) is 1. The van der Waals surface area contributed by atoms with Gasteiger partial charge >= 0.3 is 18.3 Å². The van der Waals surface area contributed by atoms with Gasteiger partial charge in [0, 0.05) is 30.6 Å². The molecule has 5 nitrogen and oxygen atoms in total. The molecular formula is C26H23F7N2O3S. The predicted molar refractivity (Wildman–Crippen MR) is 131 cm³/mol. The summed E-state index contributed by atoms with van der Waals surface area (Å²) in [6.45, 7) is 2.39. The van der Waals surface area contributed by atoms with Gasteiger partial charge in [-0.3, -0.25) is 9.69 Å². The van der Waals surface area contributed by atoms with E-state index in [0.29, 0.717) is 15.3 Å². The summed E-state index contributed by atoms with van der Waals surface area (Å²) in [5.41, 5.74) is 0.786. The number of nitrogens with zero attached hydrogens (tertiary/aromatic N) is 1. The van der Waals surface area contributed by atoms with Crippen molar-refractivity contribution in [1.29, 1.82) is 0 Å². The van der Waals surface area contributed by atoms with Crippen molar-refractivity contribution in [1.82, 2.24) is 10.2 Å². The smallest absolute Gasteiger partial charge is 0.475 e. The number of halogens is 7. The molecule has 1 aliphatic rings. The summed E-state index contributed by atoms with van der Waals surface area (Å²) in [5.74, 6) is -3.21. The summed E-state index contributed by atoms with van der Waals surface area (Å²) in [4.78, 5) is 24.9. The van der Waals surface area contributed by atoms with Crippen LogP contribution in [-0.2, 0) is 17.5 Å². The molecule has 1 saturated heterocycles. The quantitative estimate of drug-likeness (QED) is 0.336. The number of hydrogen-bond donors (Lipinski definition) is 2. The third-order valence-corrected chi connectivity index (χ3v) is 6.92. The Kier molecular flexibility index (Phi) is 9.73. The minimum atomic E-state index is -5.08. The van der Waals surface area contributed by atoms with Crippen LogP contribution in [0.2, 0.25) is 0 Å². The van der Waals surface area contributed by atoms with Gasteiger partial charge in [-0.25, -0.2) is 9.18 Å². The van der Waals surface area contributed by atoms with Crippen molar-refractivity contribution in [3.05, 3.63) is 82.5 Å². The first-order valence-corrected chi connectivity index (χ1v) is 12.4. The molecule has 0 atom stereocenters. The SMILES string of the molecule is O=C(NC1CCN(Cc2ccc(F)cc2)CC1)c1ccc(-c2cccc(C(F)(F)F)c2)s1.O=C(O)C(F)(F)F. The second-order valence-electron chi connectivity index (χ2n) is 8.70. The van der Waals surface area contributed by atoms with Crippen molar-refractivity contribution in [3.63, 3.8) is 0 Å². The molecule has 0 saturated carbocycles. The van der Waals surface area contributed by atoms with Gasteiger partial charge in [0.05, 0.1) is 10.4 Å². The van der Waals surface area contributed by atoms with Crippen LogP contribution in [0.3, 0.4) is 0 Å². The van der Waals surface area contributed by atoms with Gasteiger partial charge in [0.1, 0.15) is 5.82 Å². The number of carboxylic acids is 1. The second kappa shape index (κ2) is 12.6. The van der Waals surface area contributed by atoms with Gasteiger partial charge in [-0.2, -0.15) is 26.3 Å². The Morgan fingerprint density at radius 2 is 1.56 bits per heavy atom. The summed E-state index contributed by atoms with van der Waals surface area (Å²) in [6.07, 6.45) is -7.88. The summed E-state index contributed by atoms with van der Waals surface area (Å²) < 4.78 is 83.7. The van der Waals surface area contributed by atoms with E-state index in [2.05, 4.69) is 10.2 Å². The van der Waals surface area contributed by atoms with E-state index in [1.807, 2.05) is 0 Å². The molecule has 1 aliphatic heterocycles. The summed E-state index contributed by atoms with van der Waals surface area (Å²) in [6, 6.07) is 15.0. The number of hydrogen-bond acceptors (Lipinski definition) is 4. The molecule has 1 amide bonds. The maximum Gasteiger partial charge on any atom is 0.490 e. The molecule has 2 aromatic carbocycles. The summed E-state index contributed by atoms with van der Waals surface area (Å²) >= 11 is 1.19. The molecule has 39 heavy (non-hydrogen) atoms. The van der Waals surface area contributed by atoms with E-state index in [9.17, 15) is 35.5 Å². The number of likely N-dealkylation sites (tertiary alicyclic amines) is 1. The molecule has 4 rings (SSSR count). The first kappa shape index (κ1) is 30.1. The number of benzene rings is 2. The average Bonchev–Trinajstić information content (AvgIpc) is 3.37. The molecule has 0 unspecified atom stereocenters. The fraction of sp³-hybridized carbons (Fsp3) is 0.308. The van der Waals surface area contributed by atoms with Crippen LogP contribution in [0.5, 0.6) is 0 Å². The minimum absolute atomic E-state index is 0.0473. The van der Waals surface area contributed by atoms with E-state index in [1.54, 1.807) is 30.3 Å². The van der Waals surface area contributed by atoms with Crippen LogP contribution in [-0.4, -0.2) is 47.2 Å². The van der Waals surface area contributed by atoms with E-state index >= 15 is 0 Å². The van der Waals surface area contributed by atoms with Crippen molar-refractivity contribution < 1.29 is 45.4 Å². The Morgan fingerprint density at radius 1 is 0.949 bits per heavy atom. The lowest BCUT2D eigenvalue weighted by Gasteiger charge is -2.32. The Morgan fingerprint density at radius 3 is 2.13 bits per heavy atom. The van der Waals surface area contributed by atoms with Crippen LogP contribution in [0.15, 0.2) is 60.7 Å². The molecular weight excluding hydrogens is 553 g/mol. The molecule has 13 heteroatoms. The van der Waals surface area contributed by atoms with Crippen molar-refractivity contribution in [2.24, 2.45) is 0 Å². The van der Waals surface area contributed by atoms with Gasteiger partial charge in [0.2, 0.25) is 0 Å². The van der Waals surface area contributed by atoms with Gasteiger partial charge in [-0.15, -0.1) is 11.3 Å². The van der Waals surface area contributed by atoms with Crippen LogP contribution < -0.4 is 5.32 Å². The average molecular weight is 577 g/mol. The third-order valence-electron chi connectivity index (χ3n) is 5.79. The molecule has 0 aliphatic carbocycles. The number of piperidine rings is 1. The number of thiophene rings is 1. The summed E-state index contributed by atoms with van der Waals surface area (Å²) in [5, 5.41) is 10.2. The molecule has 0 spiro atoms. The van der Waals surface area contributed by atoms with Crippen LogP contribution in [0.1, 0.15) is 33.6 Å². The minimum Gasteiger partial charge on any atom is -0.475 e. The highest BCUT2D eigenvalue weighted by Crippen LogP contribution is 2.34. The van der Waals surface area contributed by atoms with Crippen LogP contribution in [0.4, 0.5) is 30.7 Å². The predicted octanol–water partition coefficient (Wildman–Crippen LogP) is 6.60. The Labute approximate surface area is 222 Å². The van der Waals surface area contributed by atoms with Gasteiger partial charge in [0.15, 0.2) is 0 Å². The number of amides is 1. The molecule has 0 radical (unpaired) electrons. The largest absolute Gasteiger partial charge is 0.490 e. The van der Waals surface area contributed by atoms with Gasteiger partial charge in [-0.05, 0) is 60.4 Å². The van der Waals surface area contributed by atoms with Crippen LogP contribution in [0.25, 0.3) is 10.4 Å². The Bertz CT molecular complexity index is 1270. The third kappa shape index (κ3) is 9.06. The number of alkyl halides is 6. The molecule has 2 N–H and O–H groups in total. The lowest BCUT2D eigenvalue weighted by atomic mass is 10.0. The van der Waals surface area contributed by atoms with Gasteiger partial charge in [0.25, 0.3) is 5.91 Å². The zero-order chi connectivity index (χ0) is 28.8. The standard InChI is InChI=1S/C24H22F4N2OS.C2HF3O2/c25-19-6-4-16(5-7-19)15-30-12-10-20(11-13-30)29-23(31)22-9-8-21(32-22)17-2-1-3-18(14-17)24(26,27)28;3-2(4,5)1(6)7/h1-9,14,20H,10-13,15H2,(H,29,31);(H,6,7). The van der Waals surface area contributed by atoms with Crippen molar-refractivity contribution in [2.75, 3.05) is 13.1 Å². The zero-order valence-electron chi connectivity index (χ0n) is 20.2. The van der Waals surface area contributed by atoms with E-state index in [1.165, 1.54) is 29.5 Å². The maximum atomic E-state index is 13.0. The van der Waals surface area contributed by atoms with E-state index in [4.69, 9.17) is 9.90 Å². The highest BCUT2D eigenvalue weighted by Gasteiger charge is 2.38. The number of carbonyl (C=O) groups excluding carboxylic acids is 1. The van der Waals surface area contributed by atoms with Crippen LogP contribution >= 0.6 is 11.3 Å². The molecule has 210 valence electrons. The van der Waals surface area contributed by atoms with Crippen molar-refractivity contribution in [2.45, 2.75) is 37.8 Å². The molecule has 1 fully saturated rings. The molecule has 2 heterocycles. The monoisotopic (exact) mass is 576 g/mol. The highest BCUT2D eigenvalue weighted by atomic mass is 32.1. The zero-order valence-corrected chi connectivity index (χ0v) is 21.0. The summed E-state index contributed by atoms with van der Waals surface area (Å²) in [7, 11) is 0. The first-order valence-electron chi connectivity index (χ1n) is 11.6. The molecule has 3 aromatic rings. The fourth-order valence-electron chi connectivity index (χ4n) is 3.80. The molecule has 1 aromatic heterocycles. The lowest BCUT2D eigenvalue weighted by molar-refractivity contribution is -0.192. The van der Waals surface area contributed by atoms with Gasteiger partial charge in [-0.1, -0.05) is 24.3 Å². The number of rotatable bonds is 5. The lowest BCUT2D eigenvalue weighted by Crippen LogP contribution is -2.44. The normalized spacial score (nSPS) is 14.8. The number of aliphatic carboxylic acids is 1.